The fraction of sp³-hybridized carbons (Fsp3) is 0.273. The average Bonchev–Trinajstić information content (AvgIpc) is 2.97. The summed E-state index contributed by atoms with van der Waals surface area (Å²) in [5, 5.41) is 8.43. The smallest absolute Gasteiger partial charge is 0.372 e. The number of likely N-dealkylation sites (N-methyl/N-ethyl adjacent to an activating group) is 1. The van der Waals surface area contributed by atoms with Crippen molar-refractivity contribution in [1.82, 2.24) is 9.36 Å². The Kier molecular flexibility index (Phi) is 5.49. The number of hydrogen-bond donors (Lipinski definition) is 1. The van der Waals surface area contributed by atoms with E-state index in [0.717, 1.165) is 17.2 Å². The molecule has 2 rings (SSSR count). The van der Waals surface area contributed by atoms with Crippen LogP contribution in [-0.2, 0) is 14.6 Å². The van der Waals surface area contributed by atoms with Gasteiger partial charge in [0.15, 0.2) is 0 Å². The van der Waals surface area contributed by atoms with Gasteiger partial charge in [0.1, 0.15) is 6.33 Å². The number of aromatic nitrogens is 2. The maximum atomic E-state index is 10.4. The van der Waals surface area contributed by atoms with E-state index in [-0.39, 0.29) is 6.61 Å². The fourth-order valence-electron chi connectivity index (χ4n) is 1.49. The van der Waals surface area contributed by atoms with Gasteiger partial charge in [-0.05, 0) is 24.3 Å². The lowest BCUT2D eigenvalue weighted by molar-refractivity contribution is 0.274. The molecular weight excluding hydrogens is 330 g/mol. The lowest BCUT2D eigenvalue weighted by atomic mass is 10.2. The number of azo groups is 1. The predicted octanol–water partition coefficient (Wildman–Crippen LogP) is 2.21. The van der Waals surface area contributed by atoms with Crippen LogP contribution in [0.15, 0.2) is 40.8 Å². The second-order valence-electron chi connectivity index (χ2n) is 4.11. The summed E-state index contributed by atoms with van der Waals surface area (Å²) in [5.74, 6) is 0. The van der Waals surface area contributed by atoms with Crippen LogP contribution in [0.1, 0.15) is 0 Å². The molecule has 0 radical (unpaired) electrons. The minimum atomic E-state index is -4.40. The second-order valence-corrected chi connectivity index (χ2v) is 5.96. The third kappa shape index (κ3) is 5.44. The van der Waals surface area contributed by atoms with Gasteiger partial charge in [0, 0.05) is 30.8 Å². The van der Waals surface area contributed by atoms with Gasteiger partial charge in [-0.15, -0.1) is 10.2 Å². The third-order valence-electron chi connectivity index (χ3n) is 2.55. The Morgan fingerprint density at radius 1 is 1.32 bits per heavy atom. The highest BCUT2D eigenvalue weighted by Gasteiger charge is 2.06. The summed E-state index contributed by atoms with van der Waals surface area (Å²) in [4.78, 5) is 5.66. The van der Waals surface area contributed by atoms with E-state index < -0.39 is 10.4 Å². The van der Waals surface area contributed by atoms with Crippen molar-refractivity contribution >= 4 is 38.4 Å². The van der Waals surface area contributed by atoms with Crippen LogP contribution in [0.4, 0.5) is 16.5 Å². The molecule has 0 aliphatic carbocycles. The third-order valence-corrected chi connectivity index (χ3v) is 3.56. The lowest BCUT2D eigenvalue weighted by Crippen LogP contribution is -2.23. The number of nitrogens with zero attached hydrogens (tertiary/aromatic N) is 5. The molecule has 0 saturated carbocycles. The molecule has 0 unspecified atom stereocenters. The van der Waals surface area contributed by atoms with Gasteiger partial charge in [-0.25, -0.2) is 9.17 Å². The first-order valence-corrected chi connectivity index (χ1v) is 8.19. The molecule has 1 aromatic carbocycles. The Balaban J connectivity index is 1.90. The zero-order chi connectivity index (χ0) is 16.0. The molecule has 1 heterocycles. The van der Waals surface area contributed by atoms with E-state index >= 15 is 0 Å². The molecule has 0 fully saturated rings. The summed E-state index contributed by atoms with van der Waals surface area (Å²) >= 11 is 1.15. The van der Waals surface area contributed by atoms with Crippen molar-refractivity contribution in [3.8, 4) is 0 Å². The average molecular weight is 343 g/mol. The van der Waals surface area contributed by atoms with E-state index in [1.54, 1.807) is 24.1 Å². The number of benzene rings is 1. The molecule has 11 heteroatoms. The molecule has 0 bridgehead atoms. The molecule has 1 N–H and O–H groups in total. The van der Waals surface area contributed by atoms with E-state index in [1.807, 2.05) is 12.1 Å². The van der Waals surface area contributed by atoms with Crippen molar-refractivity contribution in [2.24, 2.45) is 10.2 Å². The highest BCUT2D eigenvalue weighted by molar-refractivity contribution is 7.80. The summed E-state index contributed by atoms with van der Waals surface area (Å²) in [6.45, 7) is 0.152. The minimum Gasteiger partial charge on any atom is -0.372 e. The molecule has 9 nitrogen and oxygen atoms in total. The predicted molar refractivity (Wildman–Crippen MR) is 81.3 cm³/mol. The normalized spacial score (nSPS) is 11.9. The molecule has 118 valence electrons. The van der Waals surface area contributed by atoms with Crippen LogP contribution in [0.2, 0.25) is 0 Å². The standard InChI is InChI=1S/C11H13N5O4S2/c1-16(6-7-20-22(17,18)19)10-4-2-9(3-5-10)14-15-11-12-8-13-21-11/h2-5,8H,6-7H2,1H3,(H,17,18,19)/b15-14+. The van der Waals surface area contributed by atoms with Crippen LogP contribution in [0, 0.1) is 0 Å². The van der Waals surface area contributed by atoms with E-state index in [9.17, 15) is 8.42 Å². The molecule has 0 saturated heterocycles. The first kappa shape index (κ1) is 16.4. The van der Waals surface area contributed by atoms with E-state index in [0.29, 0.717) is 17.4 Å². The topological polar surface area (TPSA) is 117 Å². The van der Waals surface area contributed by atoms with Crippen LogP contribution in [0.5, 0.6) is 0 Å². The first-order chi connectivity index (χ1) is 10.4. The Bertz CT molecular complexity index is 715. The van der Waals surface area contributed by atoms with E-state index in [2.05, 4.69) is 23.8 Å². The van der Waals surface area contributed by atoms with Crippen molar-refractivity contribution in [3.05, 3.63) is 30.6 Å². The van der Waals surface area contributed by atoms with Crippen molar-refractivity contribution in [2.45, 2.75) is 0 Å². The summed E-state index contributed by atoms with van der Waals surface area (Å²) in [6.07, 6.45) is 1.41. The Hall–Kier alpha value is -1.95. The monoisotopic (exact) mass is 343 g/mol. The lowest BCUT2D eigenvalue weighted by Gasteiger charge is -2.18. The van der Waals surface area contributed by atoms with E-state index in [4.69, 9.17) is 4.55 Å². The quantitative estimate of drug-likeness (QED) is 0.605. The Morgan fingerprint density at radius 2 is 2.05 bits per heavy atom. The van der Waals surface area contributed by atoms with Gasteiger partial charge in [0.25, 0.3) is 0 Å². The van der Waals surface area contributed by atoms with Gasteiger partial charge in [0.2, 0.25) is 5.13 Å². The maximum absolute atomic E-state index is 10.4. The SMILES string of the molecule is CN(CCOS(=O)(=O)O)c1ccc(/N=N/c2ncns2)cc1. The Labute approximate surface area is 131 Å². The van der Waals surface area contributed by atoms with Crippen LogP contribution in [0.3, 0.4) is 0 Å². The van der Waals surface area contributed by atoms with Crippen LogP contribution < -0.4 is 4.90 Å². The molecule has 0 spiro atoms. The molecule has 0 atom stereocenters. The summed E-state index contributed by atoms with van der Waals surface area (Å²) in [6, 6.07) is 7.14. The zero-order valence-electron chi connectivity index (χ0n) is 11.5. The molecule has 0 amide bonds. The summed E-state index contributed by atoms with van der Waals surface area (Å²) in [5.41, 5.74) is 1.50. The maximum Gasteiger partial charge on any atom is 0.397 e. The minimum absolute atomic E-state index is 0.145. The Morgan fingerprint density at radius 3 is 2.64 bits per heavy atom. The molecule has 1 aromatic heterocycles. The molecule has 22 heavy (non-hydrogen) atoms. The van der Waals surface area contributed by atoms with Gasteiger partial charge in [0.05, 0.1) is 12.3 Å². The van der Waals surface area contributed by atoms with E-state index in [1.165, 1.54) is 6.33 Å². The van der Waals surface area contributed by atoms with Crippen molar-refractivity contribution < 1.29 is 17.2 Å². The second kappa shape index (κ2) is 7.35. The summed E-state index contributed by atoms with van der Waals surface area (Å²) < 4.78 is 37.4. The number of anilines is 1. The molecule has 0 aliphatic heterocycles. The van der Waals surface area contributed by atoms with Gasteiger partial charge < -0.3 is 4.90 Å². The number of hydrogen-bond acceptors (Lipinski definition) is 9. The van der Waals surface area contributed by atoms with Crippen molar-refractivity contribution in [3.63, 3.8) is 0 Å². The largest absolute Gasteiger partial charge is 0.397 e. The zero-order valence-corrected chi connectivity index (χ0v) is 13.2. The molecular formula is C11H13N5O4S2. The van der Waals surface area contributed by atoms with Crippen LogP contribution >= 0.6 is 11.5 Å². The highest BCUT2D eigenvalue weighted by Crippen LogP contribution is 2.21. The molecule has 0 aliphatic rings. The fourth-order valence-corrected chi connectivity index (χ4v) is 2.14. The van der Waals surface area contributed by atoms with Crippen LogP contribution in [-0.4, -0.2) is 42.5 Å². The van der Waals surface area contributed by atoms with Gasteiger partial charge in [-0.2, -0.15) is 12.8 Å². The first-order valence-electron chi connectivity index (χ1n) is 6.05. The highest BCUT2D eigenvalue weighted by atomic mass is 32.3. The van der Waals surface area contributed by atoms with Crippen molar-refractivity contribution in [1.29, 1.82) is 0 Å². The molecule has 2 aromatic rings. The van der Waals surface area contributed by atoms with Gasteiger partial charge in [-0.1, -0.05) is 0 Å². The van der Waals surface area contributed by atoms with Crippen LogP contribution in [0.25, 0.3) is 0 Å². The van der Waals surface area contributed by atoms with Gasteiger partial charge >= 0.3 is 10.4 Å². The van der Waals surface area contributed by atoms with Crippen molar-refractivity contribution in [2.75, 3.05) is 25.1 Å². The summed E-state index contributed by atoms with van der Waals surface area (Å²) in [7, 11) is -2.63. The number of rotatable bonds is 7. The van der Waals surface area contributed by atoms with Gasteiger partial charge in [-0.3, -0.25) is 4.55 Å².